The van der Waals surface area contributed by atoms with E-state index in [-0.39, 0.29) is 23.0 Å². The van der Waals surface area contributed by atoms with E-state index in [1.165, 1.54) is 11.8 Å². The molecule has 0 bridgehead atoms. The number of benzene rings is 2. The maximum absolute atomic E-state index is 13.6. The van der Waals surface area contributed by atoms with E-state index in [0.29, 0.717) is 21.2 Å². The van der Waals surface area contributed by atoms with Gasteiger partial charge in [0.1, 0.15) is 11.7 Å². The largest absolute Gasteiger partial charge is 0.464 e. The van der Waals surface area contributed by atoms with Crippen molar-refractivity contribution in [3.63, 3.8) is 0 Å². The summed E-state index contributed by atoms with van der Waals surface area (Å²) in [5.74, 6) is -0.943. The lowest BCUT2D eigenvalue weighted by molar-refractivity contribution is -0.136. The van der Waals surface area contributed by atoms with E-state index in [9.17, 15) is 9.59 Å². The number of hydrogen-bond donors (Lipinski definition) is 1. The minimum Gasteiger partial charge on any atom is -0.464 e. The number of carbonyl (C=O) groups is 2. The molecule has 0 saturated heterocycles. The molecule has 0 aliphatic carbocycles. The number of nitrogens with one attached hydrogen (secondary N) is 1. The van der Waals surface area contributed by atoms with Gasteiger partial charge in [0.15, 0.2) is 5.78 Å². The number of fused-ring (bicyclic) bond motifs is 1. The van der Waals surface area contributed by atoms with Crippen LogP contribution in [0.1, 0.15) is 27.5 Å². The van der Waals surface area contributed by atoms with Gasteiger partial charge in [-0.05, 0) is 29.5 Å². The van der Waals surface area contributed by atoms with Gasteiger partial charge < -0.3 is 10.1 Å². The third-order valence-corrected chi connectivity index (χ3v) is 5.28. The Kier molecular flexibility index (Phi) is 5.27. The second-order valence-electron chi connectivity index (χ2n) is 6.62. The Bertz CT molecular complexity index is 1190. The highest BCUT2D eigenvalue weighted by atomic mass is 35.5. The van der Waals surface area contributed by atoms with Crippen molar-refractivity contribution in [3.8, 4) is 0 Å². The van der Waals surface area contributed by atoms with Gasteiger partial charge in [-0.3, -0.25) is 4.79 Å². The standard InChI is InChI=1S/C20H15Cl2N5O3/c1-10-3-5-11(6-4-10)18(28)15-16(19(29)30-2)23-20-24-25-26-27(20)17(15)13-8-7-12(21)9-14(13)22/h3-9,17H,1-2H3,(H,23,24,26). The number of ether oxygens (including phenoxy) is 1. The van der Waals surface area contributed by atoms with Crippen molar-refractivity contribution < 1.29 is 14.3 Å². The fourth-order valence-corrected chi connectivity index (χ4v) is 3.77. The average molecular weight is 444 g/mol. The van der Waals surface area contributed by atoms with E-state index < -0.39 is 12.0 Å². The molecule has 4 rings (SSSR count). The Labute approximate surface area is 181 Å². The van der Waals surface area contributed by atoms with Crippen molar-refractivity contribution in [1.82, 2.24) is 20.2 Å². The number of ketones is 1. The summed E-state index contributed by atoms with van der Waals surface area (Å²) in [5, 5.41) is 15.1. The summed E-state index contributed by atoms with van der Waals surface area (Å²) >= 11 is 12.5. The van der Waals surface area contributed by atoms with Crippen LogP contribution in [-0.2, 0) is 9.53 Å². The van der Waals surface area contributed by atoms with Crippen LogP contribution in [0.4, 0.5) is 5.95 Å². The second-order valence-corrected chi connectivity index (χ2v) is 7.46. The number of halogens is 2. The highest BCUT2D eigenvalue weighted by molar-refractivity contribution is 6.35. The number of carbonyl (C=O) groups excluding carboxylic acids is 2. The Morgan fingerprint density at radius 1 is 1.13 bits per heavy atom. The Morgan fingerprint density at radius 3 is 2.53 bits per heavy atom. The number of nitrogens with zero attached hydrogens (tertiary/aromatic N) is 4. The van der Waals surface area contributed by atoms with Crippen LogP contribution in [-0.4, -0.2) is 39.1 Å². The molecule has 8 nitrogen and oxygen atoms in total. The molecule has 0 spiro atoms. The predicted octanol–water partition coefficient (Wildman–Crippen LogP) is 3.61. The van der Waals surface area contributed by atoms with Gasteiger partial charge in [0.05, 0.1) is 12.7 Å². The molecule has 0 radical (unpaired) electrons. The molecule has 2 heterocycles. The van der Waals surface area contributed by atoms with Crippen LogP contribution in [0.5, 0.6) is 0 Å². The lowest BCUT2D eigenvalue weighted by atomic mass is 9.89. The molecular formula is C20H15Cl2N5O3. The molecule has 10 heteroatoms. The molecule has 1 N–H and O–H groups in total. The number of tetrazole rings is 1. The first-order valence-electron chi connectivity index (χ1n) is 8.84. The summed E-state index contributed by atoms with van der Waals surface area (Å²) in [6, 6.07) is 11.0. The summed E-state index contributed by atoms with van der Waals surface area (Å²) in [7, 11) is 1.23. The van der Waals surface area contributed by atoms with Crippen molar-refractivity contribution in [1.29, 1.82) is 0 Å². The highest BCUT2D eigenvalue weighted by Gasteiger charge is 2.39. The molecule has 1 atom stereocenters. The first-order chi connectivity index (χ1) is 14.4. The zero-order valence-electron chi connectivity index (χ0n) is 15.9. The molecule has 3 aromatic rings. The lowest BCUT2D eigenvalue weighted by Crippen LogP contribution is -2.33. The quantitative estimate of drug-likeness (QED) is 0.485. The minimum absolute atomic E-state index is 0.0543. The number of rotatable bonds is 4. The monoisotopic (exact) mass is 443 g/mol. The molecule has 0 saturated carbocycles. The summed E-state index contributed by atoms with van der Waals surface area (Å²) < 4.78 is 6.30. The summed E-state index contributed by atoms with van der Waals surface area (Å²) in [6.07, 6.45) is 0. The summed E-state index contributed by atoms with van der Waals surface area (Å²) in [6.45, 7) is 1.92. The molecule has 1 aliphatic rings. The van der Waals surface area contributed by atoms with Crippen LogP contribution in [0.25, 0.3) is 0 Å². The predicted molar refractivity (Wildman–Crippen MR) is 111 cm³/mol. The number of methoxy groups -OCH3 is 1. The fraction of sp³-hybridized carbons (Fsp3) is 0.150. The smallest absolute Gasteiger partial charge is 0.355 e. The molecule has 0 fully saturated rings. The maximum atomic E-state index is 13.6. The van der Waals surface area contributed by atoms with Gasteiger partial charge in [0, 0.05) is 21.2 Å². The molecule has 2 aromatic carbocycles. The fourth-order valence-electron chi connectivity index (χ4n) is 3.26. The molecule has 1 unspecified atom stereocenters. The van der Waals surface area contributed by atoms with Gasteiger partial charge in [-0.2, -0.15) is 4.68 Å². The third kappa shape index (κ3) is 3.44. The van der Waals surface area contributed by atoms with Gasteiger partial charge in [-0.25, -0.2) is 4.79 Å². The van der Waals surface area contributed by atoms with Gasteiger partial charge in [-0.1, -0.05) is 64.2 Å². The van der Waals surface area contributed by atoms with Crippen LogP contribution in [0.2, 0.25) is 10.0 Å². The molecule has 152 valence electrons. The Morgan fingerprint density at radius 2 is 1.87 bits per heavy atom. The van der Waals surface area contributed by atoms with E-state index in [4.69, 9.17) is 27.9 Å². The van der Waals surface area contributed by atoms with Crippen LogP contribution in [0, 0.1) is 6.92 Å². The number of aryl methyl sites for hydroxylation is 1. The molecule has 0 amide bonds. The van der Waals surface area contributed by atoms with E-state index in [1.54, 1.807) is 30.3 Å². The van der Waals surface area contributed by atoms with E-state index in [1.807, 2.05) is 19.1 Å². The first kappa shape index (κ1) is 20.1. The Hall–Kier alpha value is -3.23. The van der Waals surface area contributed by atoms with Crippen molar-refractivity contribution in [2.75, 3.05) is 12.4 Å². The minimum atomic E-state index is -0.871. The van der Waals surface area contributed by atoms with Crippen LogP contribution < -0.4 is 5.32 Å². The second kappa shape index (κ2) is 7.89. The van der Waals surface area contributed by atoms with Gasteiger partial charge >= 0.3 is 5.97 Å². The van der Waals surface area contributed by atoms with E-state index in [0.717, 1.165) is 5.56 Å². The molecule has 1 aromatic heterocycles. The van der Waals surface area contributed by atoms with Crippen molar-refractivity contribution in [2.24, 2.45) is 0 Å². The lowest BCUT2D eigenvalue weighted by Gasteiger charge is -2.28. The normalized spacial score (nSPS) is 15.4. The van der Waals surface area contributed by atoms with Gasteiger partial charge in [-0.15, -0.1) is 0 Å². The van der Waals surface area contributed by atoms with E-state index >= 15 is 0 Å². The van der Waals surface area contributed by atoms with Crippen molar-refractivity contribution in [3.05, 3.63) is 80.5 Å². The Balaban J connectivity index is 1.97. The van der Waals surface area contributed by atoms with E-state index in [2.05, 4.69) is 20.8 Å². The molecule has 30 heavy (non-hydrogen) atoms. The van der Waals surface area contributed by atoms with Crippen LogP contribution in [0.3, 0.4) is 0 Å². The first-order valence-corrected chi connectivity index (χ1v) is 9.60. The summed E-state index contributed by atoms with van der Waals surface area (Å²) in [4.78, 5) is 26.2. The number of esters is 1. The summed E-state index contributed by atoms with van der Waals surface area (Å²) in [5.41, 5.74) is 1.95. The third-order valence-electron chi connectivity index (χ3n) is 4.72. The zero-order valence-corrected chi connectivity index (χ0v) is 17.4. The van der Waals surface area contributed by atoms with Gasteiger partial charge in [0.25, 0.3) is 0 Å². The topological polar surface area (TPSA) is 99.0 Å². The zero-order chi connectivity index (χ0) is 21.4. The maximum Gasteiger partial charge on any atom is 0.355 e. The molecular weight excluding hydrogens is 429 g/mol. The highest BCUT2D eigenvalue weighted by Crippen LogP contribution is 2.40. The van der Waals surface area contributed by atoms with Crippen LogP contribution in [0.15, 0.2) is 53.7 Å². The number of Topliss-reactive ketones (excluding diaryl/α,β-unsaturated/α-hetero) is 1. The molecule has 1 aliphatic heterocycles. The number of aromatic nitrogens is 4. The van der Waals surface area contributed by atoms with Crippen LogP contribution >= 0.6 is 23.2 Å². The SMILES string of the molecule is COC(=O)C1=C(C(=O)c2ccc(C)cc2)C(c2ccc(Cl)cc2Cl)n2nnnc2N1. The average Bonchev–Trinajstić information content (AvgIpc) is 3.21. The number of allylic oxidation sites excluding steroid dienone is 1. The number of hydrogen-bond acceptors (Lipinski definition) is 7. The van der Waals surface area contributed by atoms with Gasteiger partial charge in [0.2, 0.25) is 5.95 Å². The number of anilines is 1. The van der Waals surface area contributed by atoms with Crippen molar-refractivity contribution >= 4 is 40.9 Å². The van der Waals surface area contributed by atoms with Crippen molar-refractivity contribution in [2.45, 2.75) is 13.0 Å².